The molecular weight excluding hydrogens is 272 g/mol. The molecule has 0 unspecified atom stereocenters. The van der Waals surface area contributed by atoms with Crippen molar-refractivity contribution < 1.29 is 18.5 Å². The van der Waals surface area contributed by atoms with Gasteiger partial charge in [-0.1, -0.05) is 0 Å². The summed E-state index contributed by atoms with van der Waals surface area (Å²) in [7, 11) is 0. The number of nitro groups is 1. The highest BCUT2D eigenvalue weighted by molar-refractivity contribution is 5.82. The minimum absolute atomic E-state index is 0.232. The number of amides is 1. The van der Waals surface area contributed by atoms with Gasteiger partial charge in [0.25, 0.3) is 0 Å². The molecule has 0 bridgehead atoms. The molecule has 108 valence electrons. The number of likely N-dealkylation sites (tertiary alicyclic amines) is 1. The van der Waals surface area contributed by atoms with Crippen molar-refractivity contribution in [3.05, 3.63) is 33.9 Å². The Morgan fingerprint density at radius 1 is 1.35 bits per heavy atom. The van der Waals surface area contributed by atoms with Crippen molar-refractivity contribution in [2.24, 2.45) is 0 Å². The van der Waals surface area contributed by atoms with E-state index in [4.69, 9.17) is 0 Å². The molecule has 1 N–H and O–H groups in total. The van der Waals surface area contributed by atoms with E-state index < -0.39 is 22.2 Å². The second kappa shape index (κ2) is 5.81. The van der Waals surface area contributed by atoms with Crippen LogP contribution >= 0.6 is 0 Å². The van der Waals surface area contributed by atoms with Gasteiger partial charge < -0.3 is 10.2 Å². The summed E-state index contributed by atoms with van der Waals surface area (Å²) in [4.78, 5) is 23.2. The summed E-state index contributed by atoms with van der Waals surface area (Å²) < 4.78 is 26.5. The SMILES string of the molecule is O=C(CNc1cc(F)cc(F)c1[N+](=O)[O-])N1CCCC1. The molecule has 0 aliphatic carbocycles. The number of hydrogen-bond donors (Lipinski definition) is 1. The molecule has 0 radical (unpaired) electrons. The third kappa shape index (κ3) is 3.01. The first-order valence-electron chi connectivity index (χ1n) is 6.14. The zero-order chi connectivity index (χ0) is 14.7. The lowest BCUT2D eigenvalue weighted by Gasteiger charge is -2.16. The van der Waals surface area contributed by atoms with Crippen molar-refractivity contribution >= 4 is 17.3 Å². The number of hydrogen-bond acceptors (Lipinski definition) is 4. The zero-order valence-electron chi connectivity index (χ0n) is 10.6. The second-order valence-electron chi connectivity index (χ2n) is 4.48. The van der Waals surface area contributed by atoms with Gasteiger partial charge in [-0.2, -0.15) is 4.39 Å². The Morgan fingerprint density at radius 3 is 2.60 bits per heavy atom. The van der Waals surface area contributed by atoms with Gasteiger partial charge in [-0.15, -0.1) is 0 Å². The van der Waals surface area contributed by atoms with Gasteiger partial charge in [-0.3, -0.25) is 14.9 Å². The number of anilines is 1. The molecule has 0 atom stereocenters. The minimum atomic E-state index is -1.27. The van der Waals surface area contributed by atoms with Crippen LogP contribution in [-0.4, -0.2) is 35.4 Å². The van der Waals surface area contributed by atoms with E-state index in [9.17, 15) is 23.7 Å². The van der Waals surface area contributed by atoms with E-state index in [1.807, 2.05) is 0 Å². The molecule has 1 aromatic carbocycles. The quantitative estimate of drug-likeness (QED) is 0.677. The summed E-state index contributed by atoms with van der Waals surface area (Å²) in [6, 6.07) is 1.24. The van der Waals surface area contributed by atoms with Gasteiger partial charge in [-0.05, 0) is 12.8 Å². The first-order valence-corrected chi connectivity index (χ1v) is 6.14. The number of nitrogens with one attached hydrogen (secondary N) is 1. The number of benzene rings is 1. The Bertz CT molecular complexity index is 545. The summed E-state index contributed by atoms with van der Waals surface area (Å²) in [5, 5.41) is 13.2. The van der Waals surface area contributed by atoms with Gasteiger partial charge in [0.05, 0.1) is 11.5 Å². The van der Waals surface area contributed by atoms with Gasteiger partial charge in [0, 0.05) is 25.2 Å². The highest BCUT2D eigenvalue weighted by Crippen LogP contribution is 2.28. The van der Waals surface area contributed by atoms with Crippen LogP contribution in [0.1, 0.15) is 12.8 Å². The van der Waals surface area contributed by atoms with Crippen molar-refractivity contribution in [2.75, 3.05) is 25.0 Å². The minimum Gasteiger partial charge on any atom is -0.370 e. The molecule has 1 saturated heterocycles. The molecule has 20 heavy (non-hydrogen) atoms. The Balaban J connectivity index is 2.12. The Morgan fingerprint density at radius 2 is 2.00 bits per heavy atom. The van der Waals surface area contributed by atoms with Crippen molar-refractivity contribution in [1.29, 1.82) is 0 Å². The number of nitrogens with zero attached hydrogens (tertiary/aromatic N) is 2. The predicted molar refractivity (Wildman–Crippen MR) is 67.3 cm³/mol. The number of rotatable bonds is 4. The molecule has 0 spiro atoms. The van der Waals surface area contributed by atoms with Crippen LogP contribution in [0.2, 0.25) is 0 Å². The number of nitro benzene ring substituents is 1. The number of halogens is 2. The third-order valence-electron chi connectivity index (χ3n) is 3.10. The second-order valence-corrected chi connectivity index (χ2v) is 4.48. The maximum absolute atomic E-state index is 13.4. The van der Waals surface area contributed by atoms with E-state index in [2.05, 4.69) is 5.32 Å². The van der Waals surface area contributed by atoms with Gasteiger partial charge in [-0.25, -0.2) is 4.39 Å². The topological polar surface area (TPSA) is 75.5 Å². The number of carbonyl (C=O) groups is 1. The van der Waals surface area contributed by atoms with E-state index in [1.165, 1.54) is 0 Å². The molecular formula is C12H13F2N3O3. The molecule has 0 aromatic heterocycles. The van der Waals surface area contributed by atoms with Crippen LogP contribution < -0.4 is 5.32 Å². The fourth-order valence-electron chi connectivity index (χ4n) is 2.14. The van der Waals surface area contributed by atoms with Crippen molar-refractivity contribution in [3.63, 3.8) is 0 Å². The van der Waals surface area contributed by atoms with Crippen LogP contribution in [0.4, 0.5) is 20.2 Å². The van der Waals surface area contributed by atoms with Crippen molar-refractivity contribution in [3.8, 4) is 0 Å². The molecule has 1 aliphatic rings. The van der Waals surface area contributed by atoms with E-state index in [-0.39, 0.29) is 18.1 Å². The summed E-state index contributed by atoms with van der Waals surface area (Å²) in [6.45, 7) is 1.05. The van der Waals surface area contributed by atoms with E-state index in [0.29, 0.717) is 19.2 Å². The summed E-state index contributed by atoms with van der Waals surface area (Å²) >= 11 is 0. The van der Waals surface area contributed by atoms with Gasteiger partial charge in [0.15, 0.2) is 0 Å². The fraction of sp³-hybridized carbons (Fsp3) is 0.417. The summed E-state index contributed by atoms with van der Waals surface area (Å²) in [5.74, 6) is -2.46. The lowest BCUT2D eigenvalue weighted by molar-refractivity contribution is -0.386. The van der Waals surface area contributed by atoms with Crippen molar-refractivity contribution in [1.82, 2.24) is 4.90 Å². The van der Waals surface area contributed by atoms with Gasteiger partial charge in [0.1, 0.15) is 11.5 Å². The Hall–Kier alpha value is -2.25. The largest absolute Gasteiger partial charge is 0.370 e. The average Bonchev–Trinajstić information content (AvgIpc) is 2.88. The van der Waals surface area contributed by atoms with Crippen LogP contribution in [0, 0.1) is 21.7 Å². The van der Waals surface area contributed by atoms with Crippen LogP contribution in [0.5, 0.6) is 0 Å². The first kappa shape index (κ1) is 14.2. The molecule has 1 aliphatic heterocycles. The molecule has 0 saturated carbocycles. The molecule has 1 amide bonds. The smallest absolute Gasteiger partial charge is 0.327 e. The van der Waals surface area contributed by atoms with E-state index >= 15 is 0 Å². The van der Waals surface area contributed by atoms with Crippen LogP contribution in [0.3, 0.4) is 0 Å². The average molecular weight is 285 g/mol. The number of carbonyl (C=O) groups excluding carboxylic acids is 1. The maximum atomic E-state index is 13.4. The molecule has 1 aromatic rings. The lowest BCUT2D eigenvalue weighted by Crippen LogP contribution is -2.33. The highest BCUT2D eigenvalue weighted by Gasteiger charge is 2.23. The van der Waals surface area contributed by atoms with E-state index in [0.717, 1.165) is 18.9 Å². The fourth-order valence-corrected chi connectivity index (χ4v) is 2.14. The van der Waals surface area contributed by atoms with Crippen LogP contribution in [-0.2, 0) is 4.79 Å². The van der Waals surface area contributed by atoms with Gasteiger partial charge in [0.2, 0.25) is 11.7 Å². The molecule has 2 rings (SSSR count). The normalized spacial score (nSPS) is 14.4. The lowest BCUT2D eigenvalue weighted by atomic mass is 10.2. The Labute approximate surface area is 113 Å². The standard InChI is InChI=1S/C12H13F2N3O3/c13-8-5-9(14)12(17(19)20)10(6-8)15-7-11(18)16-3-1-2-4-16/h5-6,15H,1-4,7H2. The Kier molecular flexibility index (Phi) is 4.11. The molecule has 1 fully saturated rings. The zero-order valence-corrected chi connectivity index (χ0v) is 10.6. The van der Waals surface area contributed by atoms with Gasteiger partial charge >= 0.3 is 5.69 Å². The summed E-state index contributed by atoms with van der Waals surface area (Å²) in [6.07, 6.45) is 1.83. The molecule has 1 heterocycles. The monoisotopic (exact) mass is 285 g/mol. The first-order chi connectivity index (χ1) is 9.49. The highest BCUT2D eigenvalue weighted by atomic mass is 19.1. The predicted octanol–water partition coefficient (Wildman–Crippen LogP) is 1.91. The third-order valence-corrected chi connectivity index (χ3v) is 3.10. The molecule has 8 heteroatoms. The van der Waals surface area contributed by atoms with Crippen LogP contribution in [0.25, 0.3) is 0 Å². The maximum Gasteiger partial charge on any atom is 0.327 e. The van der Waals surface area contributed by atoms with Crippen molar-refractivity contribution in [2.45, 2.75) is 12.8 Å². The van der Waals surface area contributed by atoms with Crippen LogP contribution in [0.15, 0.2) is 12.1 Å². The van der Waals surface area contributed by atoms with E-state index in [1.54, 1.807) is 4.90 Å². The molecule has 6 nitrogen and oxygen atoms in total. The summed E-state index contributed by atoms with van der Waals surface area (Å²) in [5.41, 5.74) is -1.19.